The van der Waals surface area contributed by atoms with E-state index in [0.717, 1.165) is 17.7 Å². The SMILES string of the molecule is CC(C)COC(=O)N1CCC(c2nc(N(CCC3=CC=C(OC(C)(C)C(=O)O)CC3C)Cc3ccc(C(F)(F)F)cc3)no2)CC1. The lowest BCUT2D eigenvalue weighted by molar-refractivity contribution is -0.157. The van der Waals surface area contributed by atoms with E-state index in [2.05, 4.69) is 5.16 Å². The Labute approximate surface area is 267 Å². The number of carbonyl (C=O) groups is 2. The van der Waals surface area contributed by atoms with Crippen LogP contribution in [0.5, 0.6) is 0 Å². The van der Waals surface area contributed by atoms with E-state index >= 15 is 0 Å². The number of nitrogens with zero attached hydrogens (tertiary/aromatic N) is 4. The second kappa shape index (κ2) is 14.6. The molecule has 0 radical (unpaired) electrons. The summed E-state index contributed by atoms with van der Waals surface area (Å²) in [6.07, 6.45) is 1.38. The van der Waals surface area contributed by atoms with Crippen molar-refractivity contribution in [3.63, 3.8) is 0 Å². The first-order valence-electron chi connectivity index (χ1n) is 15.6. The molecule has 1 N–H and O–H groups in total. The Bertz CT molecular complexity index is 1410. The molecule has 1 fully saturated rings. The van der Waals surface area contributed by atoms with Crippen LogP contribution >= 0.6 is 0 Å². The highest BCUT2D eigenvalue weighted by molar-refractivity contribution is 5.76. The number of hydrogen-bond donors (Lipinski definition) is 1. The number of anilines is 1. The van der Waals surface area contributed by atoms with E-state index in [0.29, 0.717) is 75.1 Å². The van der Waals surface area contributed by atoms with E-state index in [9.17, 15) is 27.9 Å². The van der Waals surface area contributed by atoms with Gasteiger partial charge in [0, 0.05) is 38.5 Å². The van der Waals surface area contributed by atoms with Crippen LogP contribution in [0.1, 0.15) is 83.2 Å². The van der Waals surface area contributed by atoms with Crippen molar-refractivity contribution in [1.82, 2.24) is 15.0 Å². The summed E-state index contributed by atoms with van der Waals surface area (Å²) in [5, 5.41) is 13.7. The highest BCUT2D eigenvalue weighted by Crippen LogP contribution is 2.33. The van der Waals surface area contributed by atoms with Crippen molar-refractivity contribution in [3.05, 3.63) is 64.8 Å². The number of hydrogen-bond acceptors (Lipinski definition) is 8. The molecule has 1 aromatic carbocycles. The van der Waals surface area contributed by atoms with E-state index in [1.165, 1.54) is 26.0 Å². The second-order valence-electron chi connectivity index (χ2n) is 12.9. The summed E-state index contributed by atoms with van der Waals surface area (Å²) in [4.78, 5) is 32.1. The van der Waals surface area contributed by atoms with Crippen LogP contribution in [0.3, 0.4) is 0 Å². The maximum atomic E-state index is 13.2. The summed E-state index contributed by atoms with van der Waals surface area (Å²) in [5.41, 5.74) is -0.302. The minimum atomic E-state index is -4.43. The van der Waals surface area contributed by atoms with Crippen molar-refractivity contribution in [2.75, 3.05) is 31.1 Å². The van der Waals surface area contributed by atoms with Gasteiger partial charge in [0.05, 0.1) is 17.9 Å². The summed E-state index contributed by atoms with van der Waals surface area (Å²) in [5.74, 6) is 0.620. The second-order valence-corrected chi connectivity index (χ2v) is 12.9. The Hall–Kier alpha value is -4.03. The predicted octanol–water partition coefficient (Wildman–Crippen LogP) is 7.19. The number of rotatable bonds is 12. The van der Waals surface area contributed by atoms with Gasteiger partial charge in [0.2, 0.25) is 5.89 Å². The van der Waals surface area contributed by atoms with Gasteiger partial charge < -0.3 is 28.9 Å². The van der Waals surface area contributed by atoms with Gasteiger partial charge in [0.25, 0.3) is 5.95 Å². The van der Waals surface area contributed by atoms with Crippen LogP contribution in [-0.2, 0) is 27.0 Å². The van der Waals surface area contributed by atoms with Crippen molar-refractivity contribution in [1.29, 1.82) is 0 Å². The first kappa shape index (κ1) is 34.8. The Kier molecular flexibility index (Phi) is 11.1. The molecule has 10 nitrogen and oxygen atoms in total. The molecule has 2 heterocycles. The number of carboxylic acid groups (broad SMARTS) is 1. The Morgan fingerprint density at radius 2 is 1.80 bits per heavy atom. The fraction of sp³-hybridized carbons (Fsp3) is 0.576. The number of halogens is 3. The molecule has 13 heteroatoms. The summed E-state index contributed by atoms with van der Waals surface area (Å²) >= 11 is 0. The molecule has 1 saturated heterocycles. The largest absolute Gasteiger partial charge is 0.480 e. The first-order valence-corrected chi connectivity index (χ1v) is 15.6. The number of carboxylic acids is 1. The number of allylic oxidation sites excluding steroid dienone is 3. The van der Waals surface area contributed by atoms with Crippen molar-refractivity contribution in [3.8, 4) is 0 Å². The van der Waals surface area contributed by atoms with Crippen molar-refractivity contribution in [2.45, 2.75) is 84.5 Å². The molecule has 2 aliphatic rings. The highest BCUT2D eigenvalue weighted by Gasteiger charge is 2.33. The number of piperidine rings is 1. The Balaban J connectivity index is 1.47. The normalized spacial score (nSPS) is 17.8. The van der Waals surface area contributed by atoms with E-state index in [4.69, 9.17) is 19.0 Å². The molecule has 0 spiro atoms. The summed E-state index contributed by atoms with van der Waals surface area (Å²) < 4.78 is 56.3. The number of likely N-dealkylation sites (tertiary alicyclic amines) is 1. The first-order chi connectivity index (χ1) is 21.6. The van der Waals surface area contributed by atoms with Gasteiger partial charge in [0.15, 0.2) is 5.60 Å². The summed E-state index contributed by atoms with van der Waals surface area (Å²) in [7, 11) is 0. The molecule has 0 saturated carbocycles. The standard InChI is InChI=1S/C33H43F3N4O6/c1-21(2)20-44-31(43)39-15-13-25(14-16-39)28-37-30(38-46-28)40(19-23-6-9-26(10-7-23)33(34,35)36)17-12-24-8-11-27(18-22(24)3)45-32(4,5)29(41)42/h6-11,21-22,25H,12-20H2,1-5H3,(H,41,42). The molecule has 1 aliphatic heterocycles. The van der Waals surface area contributed by atoms with Crippen LogP contribution in [0.15, 0.2) is 52.3 Å². The zero-order valence-electron chi connectivity index (χ0n) is 27.0. The highest BCUT2D eigenvalue weighted by atomic mass is 19.4. The minimum absolute atomic E-state index is 0.0389. The molecule has 1 unspecified atom stereocenters. The number of ether oxygens (including phenoxy) is 2. The number of amides is 1. The van der Waals surface area contributed by atoms with Crippen LogP contribution in [0.25, 0.3) is 0 Å². The number of benzene rings is 1. The maximum absolute atomic E-state index is 13.2. The number of aromatic nitrogens is 2. The topological polar surface area (TPSA) is 118 Å². The Morgan fingerprint density at radius 3 is 2.39 bits per heavy atom. The van der Waals surface area contributed by atoms with Gasteiger partial charge in [-0.1, -0.05) is 44.6 Å². The number of aliphatic carboxylic acids is 1. The van der Waals surface area contributed by atoms with Crippen LogP contribution in [0.2, 0.25) is 0 Å². The molecule has 46 heavy (non-hydrogen) atoms. The zero-order valence-corrected chi connectivity index (χ0v) is 27.0. The molecular formula is C33H43F3N4O6. The van der Waals surface area contributed by atoms with Crippen molar-refractivity contribution < 1.29 is 41.9 Å². The number of carbonyl (C=O) groups excluding carboxylic acids is 1. The molecule has 1 aliphatic carbocycles. The monoisotopic (exact) mass is 648 g/mol. The molecular weight excluding hydrogens is 605 g/mol. The molecule has 4 rings (SSSR count). The predicted molar refractivity (Wildman–Crippen MR) is 164 cm³/mol. The molecule has 252 valence electrons. The molecule has 1 aromatic heterocycles. The van der Waals surface area contributed by atoms with E-state index in [1.807, 2.05) is 31.7 Å². The summed E-state index contributed by atoms with van der Waals surface area (Å²) in [6, 6.07) is 5.02. The zero-order chi connectivity index (χ0) is 33.6. The average molecular weight is 649 g/mol. The van der Waals surface area contributed by atoms with Gasteiger partial charge in [-0.25, -0.2) is 9.59 Å². The third kappa shape index (κ3) is 9.26. The van der Waals surface area contributed by atoms with Gasteiger partial charge in [-0.2, -0.15) is 18.2 Å². The lowest BCUT2D eigenvalue weighted by atomic mass is 9.89. The lowest BCUT2D eigenvalue weighted by Crippen LogP contribution is -2.38. The fourth-order valence-corrected chi connectivity index (χ4v) is 5.33. The third-order valence-corrected chi connectivity index (χ3v) is 8.21. The van der Waals surface area contributed by atoms with Crippen LogP contribution in [0, 0.1) is 11.8 Å². The fourth-order valence-electron chi connectivity index (χ4n) is 5.33. The van der Waals surface area contributed by atoms with Crippen molar-refractivity contribution in [2.24, 2.45) is 11.8 Å². The van der Waals surface area contributed by atoms with Gasteiger partial charge in [-0.15, -0.1) is 0 Å². The van der Waals surface area contributed by atoms with Gasteiger partial charge >= 0.3 is 18.2 Å². The molecule has 1 amide bonds. The molecule has 2 aromatic rings. The smallest absolute Gasteiger partial charge is 0.416 e. The molecule has 1 atom stereocenters. The third-order valence-electron chi connectivity index (χ3n) is 8.21. The minimum Gasteiger partial charge on any atom is -0.480 e. The van der Waals surface area contributed by atoms with E-state index in [-0.39, 0.29) is 30.4 Å². The quantitative estimate of drug-likeness (QED) is 0.255. The van der Waals surface area contributed by atoms with Crippen molar-refractivity contribution >= 4 is 18.0 Å². The van der Waals surface area contributed by atoms with Crippen LogP contribution in [0.4, 0.5) is 23.9 Å². The Morgan fingerprint density at radius 1 is 1.13 bits per heavy atom. The number of alkyl halides is 3. The van der Waals surface area contributed by atoms with Gasteiger partial charge in [-0.3, -0.25) is 0 Å². The van der Waals surface area contributed by atoms with Crippen LogP contribution < -0.4 is 4.90 Å². The van der Waals surface area contributed by atoms with Gasteiger partial charge in [0.1, 0.15) is 0 Å². The van der Waals surface area contributed by atoms with Gasteiger partial charge in [-0.05, 0) is 73.9 Å². The van der Waals surface area contributed by atoms with E-state index in [1.54, 1.807) is 11.0 Å². The molecule has 0 bridgehead atoms. The lowest BCUT2D eigenvalue weighted by Gasteiger charge is -2.30. The maximum Gasteiger partial charge on any atom is 0.416 e. The van der Waals surface area contributed by atoms with E-state index < -0.39 is 23.3 Å². The average Bonchev–Trinajstić information content (AvgIpc) is 3.49. The van der Waals surface area contributed by atoms with Crippen LogP contribution in [-0.4, -0.2) is 64.1 Å². The summed E-state index contributed by atoms with van der Waals surface area (Å²) in [6.45, 7) is 11.1.